The zero-order valence-corrected chi connectivity index (χ0v) is 27.8. The summed E-state index contributed by atoms with van der Waals surface area (Å²) in [6.07, 6.45) is 6.35. The van der Waals surface area contributed by atoms with Crippen LogP contribution < -0.4 is 5.32 Å². The Balaban J connectivity index is 0.991. The van der Waals surface area contributed by atoms with Crippen LogP contribution in [-0.4, -0.2) is 79.4 Å². The lowest BCUT2D eigenvalue weighted by atomic mass is 9.93. The van der Waals surface area contributed by atoms with Crippen molar-refractivity contribution in [3.63, 3.8) is 0 Å². The highest BCUT2D eigenvalue weighted by molar-refractivity contribution is 5.91. The second kappa shape index (κ2) is 12.7. The highest BCUT2D eigenvalue weighted by Crippen LogP contribution is 2.38. The monoisotopic (exact) mass is 657 g/mol. The van der Waals surface area contributed by atoms with E-state index in [4.69, 9.17) is 19.5 Å². The van der Waals surface area contributed by atoms with Crippen LogP contribution in [-0.2, 0) is 29.2 Å². The van der Waals surface area contributed by atoms with E-state index in [1.807, 2.05) is 35.5 Å². The molecule has 49 heavy (non-hydrogen) atoms. The number of benzene rings is 2. The summed E-state index contributed by atoms with van der Waals surface area (Å²) < 4.78 is 6.25. The quantitative estimate of drug-likeness (QED) is 0.202. The molecule has 11 nitrogen and oxygen atoms in total. The van der Waals surface area contributed by atoms with Crippen molar-refractivity contribution < 1.29 is 19.1 Å². The Morgan fingerprint density at radius 3 is 2.47 bits per heavy atom. The molecule has 8 rings (SSSR count). The summed E-state index contributed by atoms with van der Waals surface area (Å²) in [6, 6.07) is 16.7. The van der Waals surface area contributed by atoms with Crippen molar-refractivity contribution in [3.05, 3.63) is 89.1 Å². The third kappa shape index (κ3) is 6.04. The van der Waals surface area contributed by atoms with E-state index in [0.717, 1.165) is 75.6 Å². The second-order valence-electron chi connectivity index (χ2n) is 13.5. The first-order valence-corrected chi connectivity index (χ1v) is 16.9. The standard InChI is InChI=1S/C38H39N7O4/c1-23-28(7-5-9-30(23)37-42-32-20-45(21-33(32)49-37)34(46)22-44-18-27(19-44)38(47)48)29-8-6-10-31(24(29)2)41-36-35-26(11-12-39-36)15-25(16-40-35)17-43-13-3-4-14-43/h5-12,15-16,27H,3-4,13-14,17-22H2,1-2H3,(H,39,41)(H,47,48). The Morgan fingerprint density at radius 2 is 1.69 bits per heavy atom. The Morgan fingerprint density at radius 1 is 0.939 bits per heavy atom. The Labute approximate surface area is 284 Å². The molecule has 0 saturated carbocycles. The number of oxazole rings is 1. The zero-order valence-electron chi connectivity index (χ0n) is 27.8. The van der Waals surface area contributed by atoms with Gasteiger partial charge in [0.15, 0.2) is 5.82 Å². The molecular formula is C38H39N7O4. The molecule has 0 spiro atoms. The Hall–Kier alpha value is -5.13. The fraction of sp³-hybridized carbons (Fsp3) is 0.342. The van der Waals surface area contributed by atoms with Gasteiger partial charge < -0.3 is 19.7 Å². The fourth-order valence-electron chi connectivity index (χ4n) is 7.31. The van der Waals surface area contributed by atoms with Crippen molar-refractivity contribution >= 4 is 34.3 Å². The maximum absolute atomic E-state index is 12.9. The number of nitrogens with one attached hydrogen (secondary N) is 1. The van der Waals surface area contributed by atoms with E-state index in [0.29, 0.717) is 37.8 Å². The molecule has 5 aromatic rings. The van der Waals surface area contributed by atoms with Gasteiger partial charge in [-0.1, -0.05) is 24.3 Å². The van der Waals surface area contributed by atoms with Crippen molar-refractivity contribution in [3.8, 4) is 22.6 Å². The summed E-state index contributed by atoms with van der Waals surface area (Å²) >= 11 is 0. The van der Waals surface area contributed by atoms with E-state index in [-0.39, 0.29) is 18.4 Å². The number of hydrogen-bond acceptors (Lipinski definition) is 9. The molecule has 2 aromatic carbocycles. The van der Waals surface area contributed by atoms with Crippen molar-refractivity contribution in [2.45, 2.75) is 46.3 Å². The van der Waals surface area contributed by atoms with Gasteiger partial charge in [-0.25, -0.2) is 9.97 Å². The Kier molecular flexibility index (Phi) is 8.09. The lowest BCUT2D eigenvalue weighted by Gasteiger charge is -2.36. The number of carbonyl (C=O) groups is 2. The highest BCUT2D eigenvalue weighted by atomic mass is 16.4. The molecule has 2 saturated heterocycles. The van der Waals surface area contributed by atoms with Crippen molar-refractivity contribution in [2.24, 2.45) is 5.92 Å². The summed E-state index contributed by atoms with van der Waals surface area (Å²) in [5.41, 5.74) is 9.03. The topological polar surface area (TPSA) is 128 Å². The SMILES string of the molecule is Cc1c(Nc2nccc3cc(CN4CCCC4)cnc23)cccc1-c1cccc(-c2nc3c(o2)CN(C(=O)CN2CC(C(=O)O)C2)C3)c1C. The van der Waals surface area contributed by atoms with Gasteiger partial charge in [0.2, 0.25) is 11.8 Å². The number of pyridine rings is 2. The van der Waals surface area contributed by atoms with Crippen LogP contribution >= 0.6 is 0 Å². The van der Waals surface area contributed by atoms with E-state index in [1.54, 1.807) is 4.90 Å². The molecule has 1 amide bonds. The zero-order chi connectivity index (χ0) is 33.6. The number of carbonyl (C=O) groups excluding carboxylic acids is 1. The third-order valence-electron chi connectivity index (χ3n) is 10.2. The van der Waals surface area contributed by atoms with Gasteiger partial charge in [-0.2, -0.15) is 0 Å². The maximum atomic E-state index is 12.9. The summed E-state index contributed by atoms with van der Waals surface area (Å²) in [6.45, 7) is 9.21. The Bertz CT molecular complexity index is 2060. The van der Waals surface area contributed by atoms with Gasteiger partial charge in [-0.15, -0.1) is 0 Å². The molecule has 250 valence electrons. The van der Waals surface area contributed by atoms with Gasteiger partial charge in [-0.3, -0.25) is 24.4 Å². The van der Waals surface area contributed by atoms with E-state index in [9.17, 15) is 9.59 Å². The van der Waals surface area contributed by atoms with Gasteiger partial charge >= 0.3 is 5.97 Å². The number of anilines is 2. The van der Waals surface area contributed by atoms with Crippen LogP contribution in [0.15, 0.2) is 65.3 Å². The lowest BCUT2D eigenvalue weighted by molar-refractivity contribution is -0.150. The predicted octanol–water partition coefficient (Wildman–Crippen LogP) is 5.77. The van der Waals surface area contributed by atoms with E-state index in [1.165, 1.54) is 18.4 Å². The maximum Gasteiger partial charge on any atom is 0.309 e. The number of aliphatic carboxylic acids is 1. The summed E-state index contributed by atoms with van der Waals surface area (Å²) in [5, 5.41) is 13.8. The molecule has 0 aliphatic carbocycles. The molecule has 3 aromatic heterocycles. The molecule has 3 aliphatic rings. The lowest BCUT2D eigenvalue weighted by Crippen LogP contribution is -2.53. The van der Waals surface area contributed by atoms with Gasteiger partial charge in [0.25, 0.3) is 0 Å². The van der Waals surface area contributed by atoms with Crippen LogP contribution in [0, 0.1) is 19.8 Å². The summed E-state index contributed by atoms with van der Waals surface area (Å²) in [7, 11) is 0. The van der Waals surface area contributed by atoms with Crippen LogP contribution in [0.3, 0.4) is 0 Å². The highest BCUT2D eigenvalue weighted by Gasteiger charge is 2.36. The first-order chi connectivity index (χ1) is 23.8. The molecule has 2 fully saturated rings. The first kappa shape index (κ1) is 31.2. The molecule has 3 aliphatic heterocycles. The van der Waals surface area contributed by atoms with Gasteiger partial charge in [0.1, 0.15) is 17.0 Å². The van der Waals surface area contributed by atoms with Crippen LogP contribution in [0.1, 0.15) is 41.0 Å². The average molecular weight is 658 g/mol. The number of amides is 1. The van der Waals surface area contributed by atoms with Gasteiger partial charge in [0, 0.05) is 48.7 Å². The van der Waals surface area contributed by atoms with Crippen LogP contribution in [0.25, 0.3) is 33.5 Å². The van der Waals surface area contributed by atoms with E-state index in [2.05, 4.69) is 59.4 Å². The molecule has 0 atom stereocenters. The van der Waals surface area contributed by atoms with Crippen LogP contribution in [0.5, 0.6) is 0 Å². The summed E-state index contributed by atoms with van der Waals surface area (Å²) in [4.78, 5) is 44.3. The van der Waals surface area contributed by atoms with Crippen LogP contribution in [0.2, 0.25) is 0 Å². The first-order valence-electron chi connectivity index (χ1n) is 16.9. The number of rotatable bonds is 9. The molecular weight excluding hydrogens is 618 g/mol. The minimum absolute atomic E-state index is 0.0440. The molecule has 2 N–H and O–H groups in total. The van der Waals surface area contributed by atoms with E-state index < -0.39 is 5.97 Å². The fourth-order valence-corrected chi connectivity index (χ4v) is 7.31. The molecule has 0 bridgehead atoms. The minimum atomic E-state index is -0.808. The average Bonchev–Trinajstić information content (AvgIpc) is 3.82. The number of nitrogens with zero attached hydrogens (tertiary/aromatic N) is 6. The predicted molar refractivity (Wildman–Crippen MR) is 186 cm³/mol. The number of carboxylic acids is 1. The number of aromatic nitrogens is 3. The van der Waals surface area contributed by atoms with Crippen molar-refractivity contribution in [1.29, 1.82) is 0 Å². The van der Waals surface area contributed by atoms with Gasteiger partial charge in [-0.05, 0) is 91.9 Å². The largest absolute Gasteiger partial charge is 0.481 e. The number of fused-ring (bicyclic) bond motifs is 2. The van der Waals surface area contributed by atoms with Crippen molar-refractivity contribution in [2.75, 3.05) is 38.0 Å². The van der Waals surface area contributed by atoms with E-state index >= 15 is 0 Å². The molecule has 11 heteroatoms. The van der Waals surface area contributed by atoms with Crippen LogP contribution in [0.4, 0.5) is 11.5 Å². The molecule has 0 unspecified atom stereocenters. The number of carboxylic acid groups (broad SMARTS) is 1. The third-order valence-corrected chi connectivity index (χ3v) is 10.2. The second-order valence-corrected chi connectivity index (χ2v) is 13.5. The summed E-state index contributed by atoms with van der Waals surface area (Å²) in [5.74, 6) is 0.733. The minimum Gasteiger partial charge on any atom is -0.481 e. The normalized spacial score (nSPS) is 16.7. The van der Waals surface area contributed by atoms with Gasteiger partial charge in [0.05, 0.1) is 25.6 Å². The number of hydrogen-bond donors (Lipinski definition) is 2. The van der Waals surface area contributed by atoms with Crippen molar-refractivity contribution in [1.82, 2.24) is 29.7 Å². The number of likely N-dealkylation sites (tertiary alicyclic amines) is 2. The molecule has 6 heterocycles. The smallest absolute Gasteiger partial charge is 0.309 e. The molecule has 0 radical (unpaired) electrons.